The van der Waals surface area contributed by atoms with Gasteiger partial charge < -0.3 is 4.90 Å². The van der Waals surface area contributed by atoms with E-state index in [0.29, 0.717) is 0 Å². The number of thioether (sulfide) groups is 1. The van der Waals surface area contributed by atoms with Crippen molar-refractivity contribution in [3.63, 3.8) is 0 Å². The van der Waals surface area contributed by atoms with Crippen LogP contribution >= 0.6 is 11.8 Å². The lowest BCUT2D eigenvalue weighted by Gasteiger charge is -2.27. The first-order valence-electron chi connectivity index (χ1n) is 8.42. The van der Waals surface area contributed by atoms with Crippen LogP contribution in [0.5, 0.6) is 0 Å². The first-order chi connectivity index (χ1) is 13.0. The Kier molecular flexibility index (Phi) is 5.14. The topological polar surface area (TPSA) is 53.5 Å². The molecule has 0 unspecified atom stereocenters. The smallest absolute Gasteiger partial charge is 0.305 e. The zero-order valence-corrected chi connectivity index (χ0v) is 16.3. The van der Waals surface area contributed by atoms with Crippen LogP contribution < -0.4 is 4.90 Å². The summed E-state index contributed by atoms with van der Waals surface area (Å²) in [5.74, 6) is -0.431. The molecule has 28 heavy (non-hydrogen) atoms. The van der Waals surface area contributed by atoms with E-state index in [4.69, 9.17) is 0 Å². The van der Waals surface area contributed by atoms with Gasteiger partial charge in [0.15, 0.2) is 0 Å². The Morgan fingerprint density at radius 3 is 2.32 bits per heavy atom. The molecule has 1 aromatic heterocycles. The van der Waals surface area contributed by atoms with Crippen molar-refractivity contribution in [3.8, 4) is 0 Å². The fourth-order valence-corrected chi connectivity index (χ4v) is 3.55. The zero-order chi connectivity index (χ0) is 20.7. The maximum atomic E-state index is 13.0. The van der Waals surface area contributed by atoms with Crippen LogP contribution in [0.2, 0.25) is 0 Å². The second kappa shape index (κ2) is 7.12. The van der Waals surface area contributed by atoms with Gasteiger partial charge >= 0.3 is 11.5 Å². The van der Waals surface area contributed by atoms with Crippen LogP contribution in [-0.2, 0) is 11.3 Å². The number of benzene rings is 1. The average Bonchev–Trinajstić information content (AvgIpc) is 2.75. The molecule has 2 heterocycles. The summed E-state index contributed by atoms with van der Waals surface area (Å²) in [5, 5.41) is 0. The van der Waals surface area contributed by atoms with E-state index in [-0.39, 0.29) is 28.9 Å². The summed E-state index contributed by atoms with van der Waals surface area (Å²) < 4.78 is 37.5. The minimum Gasteiger partial charge on any atom is -0.305 e. The molecule has 0 radical (unpaired) electrons. The van der Waals surface area contributed by atoms with E-state index in [2.05, 4.69) is 4.98 Å². The van der Waals surface area contributed by atoms with E-state index in [9.17, 15) is 22.8 Å². The molecule has 1 saturated heterocycles. The third-order valence-corrected chi connectivity index (χ3v) is 5.19. The van der Waals surface area contributed by atoms with Gasteiger partial charge in [0.2, 0.25) is 0 Å². The van der Waals surface area contributed by atoms with E-state index in [1.54, 1.807) is 26.1 Å². The monoisotopic (exact) mass is 409 g/mol. The van der Waals surface area contributed by atoms with Crippen LogP contribution in [0.15, 0.2) is 47.5 Å². The summed E-state index contributed by atoms with van der Waals surface area (Å²) in [5.41, 5.74) is -3.62. The van der Waals surface area contributed by atoms with Crippen molar-refractivity contribution >= 4 is 29.4 Å². The largest absolute Gasteiger partial charge is 0.446 e. The van der Waals surface area contributed by atoms with Crippen molar-refractivity contribution in [3.05, 3.63) is 53.9 Å². The van der Waals surface area contributed by atoms with Crippen LogP contribution in [0.1, 0.15) is 25.1 Å². The van der Waals surface area contributed by atoms with E-state index >= 15 is 0 Å². The number of alkyl halides is 3. The molecule has 9 heteroatoms. The Morgan fingerprint density at radius 1 is 1.11 bits per heavy atom. The number of anilines is 1. The molecule has 0 bridgehead atoms. The summed E-state index contributed by atoms with van der Waals surface area (Å²) >= 11 is -0.248. The summed E-state index contributed by atoms with van der Waals surface area (Å²) in [6, 6.07) is 8.28. The highest BCUT2D eigenvalue weighted by molar-refractivity contribution is 8.00. The molecule has 0 aliphatic carbocycles. The molecule has 0 N–H and O–H groups in total. The lowest BCUT2D eigenvalue weighted by molar-refractivity contribution is -0.123. The lowest BCUT2D eigenvalue weighted by atomic mass is 10.0. The van der Waals surface area contributed by atoms with Crippen molar-refractivity contribution in [1.29, 1.82) is 0 Å². The number of rotatable bonds is 4. The van der Waals surface area contributed by atoms with Crippen molar-refractivity contribution in [1.82, 2.24) is 9.88 Å². The van der Waals surface area contributed by atoms with Gasteiger partial charge in [0, 0.05) is 23.3 Å². The second-order valence-electron chi connectivity index (χ2n) is 6.92. The Hall–Kier alpha value is -2.55. The molecule has 3 amide bonds. The highest BCUT2D eigenvalue weighted by Crippen LogP contribution is 2.38. The number of carbonyl (C=O) groups is 2. The van der Waals surface area contributed by atoms with Gasteiger partial charge in [-0.2, -0.15) is 13.2 Å². The number of halogens is 3. The minimum absolute atomic E-state index is 0.0151. The third kappa shape index (κ3) is 3.99. The van der Waals surface area contributed by atoms with Crippen LogP contribution in [0.4, 0.5) is 23.7 Å². The van der Waals surface area contributed by atoms with E-state index in [0.717, 1.165) is 16.2 Å². The van der Waals surface area contributed by atoms with Crippen molar-refractivity contribution in [2.75, 3.05) is 4.90 Å². The number of urea groups is 1. The molecule has 2 aromatic rings. The van der Waals surface area contributed by atoms with Gasteiger partial charge in [-0.1, -0.05) is 0 Å². The van der Waals surface area contributed by atoms with E-state index < -0.39 is 23.0 Å². The van der Waals surface area contributed by atoms with Gasteiger partial charge in [0.05, 0.1) is 5.69 Å². The molecule has 0 saturated carbocycles. The molecule has 3 rings (SSSR count). The molecule has 0 spiro atoms. The van der Waals surface area contributed by atoms with E-state index in [1.807, 2.05) is 13.0 Å². The van der Waals surface area contributed by atoms with Crippen LogP contribution in [-0.4, -0.2) is 32.9 Å². The Balaban J connectivity index is 1.86. The van der Waals surface area contributed by atoms with Crippen molar-refractivity contribution in [2.45, 2.75) is 43.3 Å². The molecule has 1 aliphatic rings. The summed E-state index contributed by atoms with van der Waals surface area (Å²) in [6.07, 6.45) is 1.63. The summed E-state index contributed by atoms with van der Waals surface area (Å²) in [6.45, 7) is 5.35. The van der Waals surface area contributed by atoms with Gasteiger partial charge in [-0.25, -0.2) is 9.69 Å². The molecule has 1 fully saturated rings. The number of aryl methyl sites for hydroxylation is 1. The molecule has 1 aliphatic heterocycles. The second-order valence-corrected chi connectivity index (χ2v) is 8.05. The summed E-state index contributed by atoms with van der Waals surface area (Å²) in [7, 11) is 0. The Bertz CT molecular complexity index is 913. The number of pyridine rings is 1. The SMILES string of the molecule is Cc1cc(CN2C(=O)N(c3ccc(SC(F)(F)F)cc3)C(=O)C2(C)C)ccn1. The van der Waals surface area contributed by atoms with Crippen molar-refractivity contribution in [2.24, 2.45) is 0 Å². The minimum atomic E-state index is -4.40. The summed E-state index contributed by atoms with van der Waals surface area (Å²) in [4.78, 5) is 32.4. The van der Waals surface area contributed by atoms with Gasteiger partial charge in [0.25, 0.3) is 5.91 Å². The molecule has 148 valence electrons. The number of carbonyl (C=O) groups excluding carboxylic acids is 2. The molecule has 1 aromatic carbocycles. The van der Waals surface area contributed by atoms with Gasteiger partial charge in [0.1, 0.15) is 5.54 Å². The third-order valence-electron chi connectivity index (χ3n) is 4.45. The van der Waals surface area contributed by atoms with Crippen molar-refractivity contribution < 1.29 is 22.8 Å². The van der Waals surface area contributed by atoms with Crippen LogP contribution in [0.25, 0.3) is 0 Å². The predicted molar refractivity (Wildman–Crippen MR) is 99.8 cm³/mol. The number of hydrogen-bond donors (Lipinski definition) is 0. The number of nitrogens with zero attached hydrogens (tertiary/aromatic N) is 3. The highest BCUT2D eigenvalue weighted by Gasteiger charge is 2.51. The quantitative estimate of drug-likeness (QED) is 0.540. The fourth-order valence-electron chi connectivity index (χ4n) is 3.01. The predicted octanol–water partition coefficient (Wildman–Crippen LogP) is 4.75. The van der Waals surface area contributed by atoms with Gasteiger partial charge in [-0.05, 0) is 74.5 Å². The maximum Gasteiger partial charge on any atom is 0.446 e. The number of aromatic nitrogens is 1. The fraction of sp³-hybridized carbons (Fsp3) is 0.316. The Labute approximate surface area is 164 Å². The van der Waals surface area contributed by atoms with Gasteiger partial charge in [-0.3, -0.25) is 9.78 Å². The Morgan fingerprint density at radius 2 is 1.75 bits per heavy atom. The number of hydrogen-bond acceptors (Lipinski definition) is 4. The number of amides is 3. The van der Waals surface area contributed by atoms with E-state index in [1.165, 1.54) is 29.2 Å². The molecule has 0 atom stereocenters. The molecular formula is C19H18F3N3O2S. The zero-order valence-electron chi connectivity index (χ0n) is 15.4. The lowest BCUT2D eigenvalue weighted by Crippen LogP contribution is -2.43. The molecular weight excluding hydrogens is 391 g/mol. The van der Waals surface area contributed by atoms with Gasteiger partial charge in [-0.15, -0.1) is 0 Å². The standard InChI is InChI=1S/C19H18F3N3O2S/c1-12-10-13(8-9-23-12)11-24-17(27)25(16(26)18(24,2)3)14-4-6-15(7-5-14)28-19(20,21)22/h4-10H,11H2,1-3H3. The average molecular weight is 409 g/mol. The number of imide groups is 1. The van der Waals surface area contributed by atoms with Crippen LogP contribution in [0, 0.1) is 6.92 Å². The first-order valence-corrected chi connectivity index (χ1v) is 9.24. The first kappa shape index (κ1) is 20.2. The molecule has 5 nitrogen and oxygen atoms in total. The highest BCUT2D eigenvalue weighted by atomic mass is 32.2. The maximum absolute atomic E-state index is 13.0. The van der Waals surface area contributed by atoms with Crippen LogP contribution in [0.3, 0.4) is 0 Å². The normalized spacial score (nSPS) is 16.8.